The van der Waals surface area contributed by atoms with Crippen molar-refractivity contribution in [3.8, 4) is 0 Å². The minimum atomic E-state index is -1.10. The van der Waals surface area contributed by atoms with Gasteiger partial charge >= 0.3 is 5.97 Å². The van der Waals surface area contributed by atoms with E-state index in [1.807, 2.05) is 29.6 Å². The third-order valence-corrected chi connectivity index (χ3v) is 4.17. The van der Waals surface area contributed by atoms with Crippen LogP contribution in [0.2, 0.25) is 0 Å². The molecule has 1 N–H and O–H groups in total. The molecule has 100 valence electrons. The van der Waals surface area contributed by atoms with Crippen molar-refractivity contribution in [2.75, 3.05) is 0 Å². The van der Waals surface area contributed by atoms with Crippen molar-refractivity contribution in [2.24, 2.45) is 0 Å². The molecular formula is C15H11NO3S. The van der Waals surface area contributed by atoms with E-state index in [1.165, 1.54) is 22.8 Å². The van der Waals surface area contributed by atoms with E-state index in [0.29, 0.717) is 0 Å². The summed E-state index contributed by atoms with van der Waals surface area (Å²) >= 11 is 1.59. The molecule has 0 bridgehead atoms. The van der Waals surface area contributed by atoms with E-state index in [4.69, 9.17) is 0 Å². The van der Waals surface area contributed by atoms with Crippen molar-refractivity contribution in [1.82, 2.24) is 4.57 Å². The van der Waals surface area contributed by atoms with Crippen LogP contribution < -0.4 is 5.56 Å². The molecule has 3 aromatic rings. The van der Waals surface area contributed by atoms with Crippen LogP contribution in [-0.4, -0.2) is 15.6 Å². The summed E-state index contributed by atoms with van der Waals surface area (Å²) in [5, 5.41) is 12.2. The van der Waals surface area contributed by atoms with Gasteiger partial charge in [0.15, 0.2) is 0 Å². The molecule has 2 aromatic heterocycles. The number of fused-ring (bicyclic) bond motifs is 1. The third kappa shape index (κ3) is 2.12. The molecule has 20 heavy (non-hydrogen) atoms. The van der Waals surface area contributed by atoms with Crippen molar-refractivity contribution >= 4 is 27.4 Å². The molecular weight excluding hydrogens is 274 g/mol. The average molecular weight is 285 g/mol. The van der Waals surface area contributed by atoms with Crippen LogP contribution in [0.4, 0.5) is 0 Å². The summed E-state index contributed by atoms with van der Waals surface area (Å²) in [4.78, 5) is 23.1. The highest BCUT2D eigenvalue weighted by Gasteiger charge is 2.12. The normalized spacial score (nSPS) is 10.8. The Balaban J connectivity index is 2.12. The van der Waals surface area contributed by atoms with Gasteiger partial charge in [-0.05, 0) is 28.5 Å². The Labute approximate surface area is 118 Å². The fourth-order valence-corrected chi connectivity index (χ4v) is 3.15. The highest BCUT2D eigenvalue weighted by Crippen LogP contribution is 2.26. The van der Waals surface area contributed by atoms with E-state index >= 15 is 0 Å². The number of thiophene rings is 1. The molecule has 4 nitrogen and oxygen atoms in total. The zero-order valence-corrected chi connectivity index (χ0v) is 11.3. The molecule has 2 heterocycles. The summed E-state index contributed by atoms with van der Waals surface area (Å²) in [6, 6.07) is 12.2. The van der Waals surface area contributed by atoms with Crippen molar-refractivity contribution in [1.29, 1.82) is 0 Å². The van der Waals surface area contributed by atoms with E-state index in [2.05, 4.69) is 0 Å². The van der Waals surface area contributed by atoms with Crippen LogP contribution in [0.5, 0.6) is 0 Å². The lowest BCUT2D eigenvalue weighted by Gasteiger charge is -2.08. The maximum Gasteiger partial charge on any atom is 0.352 e. The van der Waals surface area contributed by atoms with Crippen molar-refractivity contribution in [3.63, 3.8) is 0 Å². The van der Waals surface area contributed by atoms with Crippen molar-refractivity contribution in [3.05, 3.63) is 69.5 Å². The highest BCUT2D eigenvalue weighted by molar-refractivity contribution is 7.17. The van der Waals surface area contributed by atoms with Gasteiger partial charge in [-0.3, -0.25) is 9.36 Å². The first-order valence-electron chi connectivity index (χ1n) is 6.05. The SMILES string of the molecule is O=C(O)c1cccc(=O)n1Cc1csc2ccccc12. The van der Waals surface area contributed by atoms with Gasteiger partial charge in [-0.15, -0.1) is 11.3 Å². The van der Waals surface area contributed by atoms with Gasteiger partial charge in [-0.25, -0.2) is 4.79 Å². The van der Waals surface area contributed by atoms with Crippen molar-refractivity contribution < 1.29 is 9.90 Å². The molecule has 0 aliphatic carbocycles. The Kier molecular flexibility index (Phi) is 3.12. The summed E-state index contributed by atoms with van der Waals surface area (Å²) < 4.78 is 2.42. The lowest BCUT2D eigenvalue weighted by atomic mass is 10.1. The van der Waals surface area contributed by atoms with E-state index in [0.717, 1.165) is 15.6 Å². The number of benzene rings is 1. The van der Waals surface area contributed by atoms with E-state index in [9.17, 15) is 14.7 Å². The molecule has 0 aliphatic heterocycles. The summed E-state index contributed by atoms with van der Waals surface area (Å²) in [7, 11) is 0. The second-order valence-corrected chi connectivity index (χ2v) is 5.31. The molecule has 0 atom stereocenters. The first kappa shape index (κ1) is 12.6. The quantitative estimate of drug-likeness (QED) is 0.805. The average Bonchev–Trinajstić information content (AvgIpc) is 2.84. The number of carboxylic acids is 1. The van der Waals surface area contributed by atoms with E-state index < -0.39 is 5.97 Å². The number of carbonyl (C=O) groups is 1. The standard InChI is InChI=1S/C15H11NO3S/c17-14-7-3-5-12(15(18)19)16(14)8-10-9-20-13-6-2-1-4-11(10)13/h1-7,9H,8H2,(H,18,19). The lowest BCUT2D eigenvalue weighted by Crippen LogP contribution is -2.25. The minimum absolute atomic E-state index is 0.00720. The maximum atomic E-state index is 11.9. The molecule has 3 rings (SSSR count). The predicted molar refractivity (Wildman–Crippen MR) is 78.6 cm³/mol. The topological polar surface area (TPSA) is 59.3 Å². The monoisotopic (exact) mass is 285 g/mol. The number of hydrogen-bond donors (Lipinski definition) is 1. The number of hydrogen-bond acceptors (Lipinski definition) is 3. The van der Waals surface area contributed by atoms with Crippen LogP contribution in [0.25, 0.3) is 10.1 Å². The van der Waals surface area contributed by atoms with Gasteiger partial charge in [0.05, 0.1) is 6.54 Å². The minimum Gasteiger partial charge on any atom is -0.477 e. The van der Waals surface area contributed by atoms with Crippen LogP contribution >= 0.6 is 11.3 Å². The van der Waals surface area contributed by atoms with Gasteiger partial charge in [-0.2, -0.15) is 0 Å². The van der Waals surface area contributed by atoms with Gasteiger partial charge in [-0.1, -0.05) is 24.3 Å². The summed E-state index contributed by atoms with van der Waals surface area (Å²) in [6.07, 6.45) is 0. The molecule has 0 radical (unpaired) electrons. The van der Waals surface area contributed by atoms with Crippen LogP contribution in [0.15, 0.2) is 52.6 Å². The second kappa shape index (κ2) is 4.94. The Morgan fingerprint density at radius 1 is 1.15 bits per heavy atom. The predicted octanol–water partition coefficient (Wildman–Crippen LogP) is 2.81. The van der Waals surface area contributed by atoms with Crippen LogP contribution in [0, 0.1) is 0 Å². The molecule has 0 aliphatic rings. The molecule has 0 saturated heterocycles. The molecule has 0 unspecified atom stereocenters. The molecule has 0 amide bonds. The summed E-state index contributed by atoms with van der Waals surface area (Å²) in [5.74, 6) is -1.10. The Hall–Kier alpha value is -2.40. The lowest BCUT2D eigenvalue weighted by molar-refractivity contribution is 0.0684. The number of aromatic carboxylic acids is 1. The smallest absolute Gasteiger partial charge is 0.352 e. The first-order valence-corrected chi connectivity index (χ1v) is 6.93. The number of nitrogens with zero attached hydrogens (tertiary/aromatic N) is 1. The van der Waals surface area contributed by atoms with Gasteiger partial charge in [0.1, 0.15) is 5.69 Å². The van der Waals surface area contributed by atoms with Crippen LogP contribution in [0.3, 0.4) is 0 Å². The fourth-order valence-electron chi connectivity index (χ4n) is 2.20. The maximum absolute atomic E-state index is 11.9. The molecule has 1 aromatic carbocycles. The first-order chi connectivity index (χ1) is 9.66. The van der Waals surface area contributed by atoms with Gasteiger partial charge in [0, 0.05) is 10.8 Å². The van der Waals surface area contributed by atoms with E-state index in [1.54, 1.807) is 11.3 Å². The molecule has 5 heteroatoms. The highest BCUT2D eigenvalue weighted by atomic mass is 32.1. The fraction of sp³-hybridized carbons (Fsp3) is 0.0667. The number of aromatic nitrogens is 1. The van der Waals surface area contributed by atoms with Crippen molar-refractivity contribution in [2.45, 2.75) is 6.54 Å². The van der Waals surface area contributed by atoms with Gasteiger partial charge < -0.3 is 5.11 Å². The van der Waals surface area contributed by atoms with Gasteiger partial charge in [0.25, 0.3) is 5.56 Å². The molecule has 0 spiro atoms. The zero-order valence-electron chi connectivity index (χ0n) is 10.4. The van der Waals surface area contributed by atoms with Gasteiger partial charge in [0.2, 0.25) is 0 Å². The van der Waals surface area contributed by atoms with Crippen LogP contribution in [-0.2, 0) is 6.54 Å². The molecule has 0 fully saturated rings. The van der Waals surface area contributed by atoms with Crippen LogP contribution in [0.1, 0.15) is 16.1 Å². The Morgan fingerprint density at radius 3 is 2.75 bits per heavy atom. The largest absolute Gasteiger partial charge is 0.477 e. The second-order valence-electron chi connectivity index (χ2n) is 4.40. The number of carboxylic acid groups (broad SMARTS) is 1. The summed E-state index contributed by atoms with van der Waals surface area (Å²) in [5.41, 5.74) is 0.661. The zero-order chi connectivity index (χ0) is 14.1. The number of rotatable bonds is 3. The number of pyridine rings is 1. The Morgan fingerprint density at radius 2 is 1.95 bits per heavy atom. The van der Waals surface area contributed by atoms with E-state index in [-0.39, 0.29) is 17.8 Å². The third-order valence-electron chi connectivity index (χ3n) is 3.16. The Bertz CT molecular complexity index is 847. The summed E-state index contributed by atoms with van der Waals surface area (Å²) in [6.45, 7) is 0.269. The molecule has 0 saturated carbocycles.